The van der Waals surface area contributed by atoms with Crippen LogP contribution in [0, 0.1) is 6.92 Å². The van der Waals surface area contributed by atoms with Crippen LogP contribution in [0.3, 0.4) is 0 Å². The lowest BCUT2D eigenvalue weighted by atomic mass is 10.2. The summed E-state index contributed by atoms with van der Waals surface area (Å²) in [6.45, 7) is 3.45. The van der Waals surface area contributed by atoms with E-state index in [0.717, 1.165) is 23.7 Å². The van der Waals surface area contributed by atoms with Crippen LogP contribution in [0.25, 0.3) is 0 Å². The zero-order chi connectivity index (χ0) is 18.2. The predicted octanol–water partition coefficient (Wildman–Crippen LogP) is 3.69. The summed E-state index contributed by atoms with van der Waals surface area (Å²) in [7, 11) is 0. The largest absolute Gasteiger partial charge is 0.355 e. The van der Waals surface area contributed by atoms with E-state index in [2.05, 4.69) is 46.1 Å². The fraction of sp³-hybridized carbons (Fsp3) is 0.238. The monoisotopic (exact) mass is 365 g/mol. The highest BCUT2D eigenvalue weighted by atomic mass is 32.2. The second-order valence-corrected chi connectivity index (χ2v) is 7.21. The molecule has 3 rings (SSSR count). The first-order valence-electron chi connectivity index (χ1n) is 8.71. The molecule has 0 aliphatic carbocycles. The molecule has 0 radical (unpaired) electrons. The van der Waals surface area contributed by atoms with Gasteiger partial charge in [-0.05, 0) is 24.6 Å². The van der Waals surface area contributed by atoms with Gasteiger partial charge in [0.2, 0.25) is 5.91 Å². The van der Waals surface area contributed by atoms with E-state index in [9.17, 15) is 4.79 Å². The number of carbonyl (C=O) groups is 1. The zero-order valence-electron chi connectivity index (χ0n) is 14.9. The molecule has 3 aromatic rings. The summed E-state index contributed by atoms with van der Waals surface area (Å²) in [5, 5.41) is 2.98. The minimum Gasteiger partial charge on any atom is -0.355 e. The van der Waals surface area contributed by atoms with Crippen LogP contribution >= 0.6 is 11.8 Å². The van der Waals surface area contributed by atoms with Crippen LogP contribution in [0.15, 0.2) is 71.9 Å². The summed E-state index contributed by atoms with van der Waals surface area (Å²) in [5.41, 5.74) is 2.47. The number of nitrogens with one attached hydrogen (secondary N) is 1. The van der Waals surface area contributed by atoms with E-state index in [1.54, 1.807) is 11.8 Å². The van der Waals surface area contributed by atoms with Crippen molar-refractivity contribution in [3.8, 4) is 0 Å². The van der Waals surface area contributed by atoms with Gasteiger partial charge in [0.15, 0.2) is 0 Å². The minimum atomic E-state index is 0.0525. The van der Waals surface area contributed by atoms with E-state index in [1.165, 1.54) is 11.1 Å². The van der Waals surface area contributed by atoms with Crippen molar-refractivity contribution < 1.29 is 4.79 Å². The summed E-state index contributed by atoms with van der Waals surface area (Å²) in [4.78, 5) is 17.6. The number of nitrogens with zero attached hydrogens (tertiary/aromatic N) is 2. The zero-order valence-corrected chi connectivity index (χ0v) is 15.7. The molecule has 0 atom stereocenters. The van der Waals surface area contributed by atoms with E-state index >= 15 is 0 Å². The Morgan fingerprint density at radius 1 is 1.12 bits per heavy atom. The molecule has 0 aliphatic rings. The normalized spacial score (nSPS) is 10.7. The third-order valence-electron chi connectivity index (χ3n) is 4.06. The molecule has 0 bridgehead atoms. The average molecular weight is 366 g/mol. The van der Waals surface area contributed by atoms with Crippen LogP contribution in [-0.4, -0.2) is 27.8 Å². The van der Waals surface area contributed by atoms with Gasteiger partial charge in [-0.2, -0.15) is 0 Å². The van der Waals surface area contributed by atoms with Gasteiger partial charge in [-0.25, -0.2) is 4.98 Å². The van der Waals surface area contributed by atoms with Crippen LogP contribution in [-0.2, 0) is 17.8 Å². The molecule has 1 N–H and O–H groups in total. The minimum absolute atomic E-state index is 0.0525. The molecule has 1 amide bonds. The van der Waals surface area contributed by atoms with Gasteiger partial charge in [-0.15, -0.1) is 11.8 Å². The van der Waals surface area contributed by atoms with E-state index in [1.807, 2.05) is 42.7 Å². The number of hydrogen-bond donors (Lipinski definition) is 1. The van der Waals surface area contributed by atoms with Crippen LogP contribution in [0.1, 0.15) is 17.0 Å². The molecule has 134 valence electrons. The van der Waals surface area contributed by atoms with Crippen molar-refractivity contribution in [3.63, 3.8) is 0 Å². The molecule has 1 aromatic heterocycles. The Bertz CT molecular complexity index is 828. The molecule has 2 aromatic carbocycles. The standard InChI is InChI=1S/C21H23N3OS/c1-17-7-9-19(10-8-17)26-16-21(25)23-12-11-20-22-13-14-24(20)15-18-5-3-2-4-6-18/h2-10,13-14H,11-12,15-16H2,1H3,(H,23,25). The first kappa shape index (κ1) is 18.3. The Morgan fingerprint density at radius 3 is 2.65 bits per heavy atom. The predicted molar refractivity (Wildman–Crippen MR) is 106 cm³/mol. The fourth-order valence-electron chi connectivity index (χ4n) is 2.64. The smallest absolute Gasteiger partial charge is 0.230 e. The van der Waals surface area contributed by atoms with Gasteiger partial charge in [0.1, 0.15) is 5.82 Å². The highest BCUT2D eigenvalue weighted by Gasteiger charge is 2.06. The second kappa shape index (κ2) is 9.25. The van der Waals surface area contributed by atoms with Crippen LogP contribution < -0.4 is 5.32 Å². The molecule has 26 heavy (non-hydrogen) atoms. The fourth-order valence-corrected chi connectivity index (χ4v) is 3.37. The van der Waals surface area contributed by atoms with Crippen molar-refractivity contribution in [2.24, 2.45) is 0 Å². The molecule has 5 heteroatoms. The summed E-state index contributed by atoms with van der Waals surface area (Å²) >= 11 is 1.56. The molecule has 0 spiro atoms. The van der Waals surface area contributed by atoms with Gasteiger partial charge < -0.3 is 9.88 Å². The van der Waals surface area contributed by atoms with Crippen molar-refractivity contribution in [2.45, 2.75) is 24.8 Å². The maximum Gasteiger partial charge on any atom is 0.230 e. The van der Waals surface area contributed by atoms with Crippen molar-refractivity contribution in [1.82, 2.24) is 14.9 Å². The van der Waals surface area contributed by atoms with Gasteiger partial charge in [-0.1, -0.05) is 48.0 Å². The third-order valence-corrected chi connectivity index (χ3v) is 5.07. The summed E-state index contributed by atoms with van der Waals surface area (Å²) in [6, 6.07) is 18.5. The Kier molecular flexibility index (Phi) is 6.50. The maximum absolute atomic E-state index is 12.0. The second-order valence-electron chi connectivity index (χ2n) is 6.16. The molecule has 0 fully saturated rings. The van der Waals surface area contributed by atoms with Crippen LogP contribution in [0.4, 0.5) is 0 Å². The van der Waals surface area contributed by atoms with Gasteiger partial charge >= 0.3 is 0 Å². The Hall–Kier alpha value is -2.53. The molecule has 0 aliphatic heterocycles. The number of aromatic nitrogens is 2. The molecule has 0 unspecified atom stereocenters. The number of aryl methyl sites for hydroxylation is 1. The van der Waals surface area contributed by atoms with Crippen molar-refractivity contribution in [1.29, 1.82) is 0 Å². The van der Waals surface area contributed by atoms with Gasteiger partial charge in [0.25, 0.3) is 0 Å². The van der Waals surface area contributed by atoms with E-state index < -0.39 is 0 Å². The van der Waals surface area contributed by atoms with Crippen molar-refractivity contribution >= 4 is 17.7 Å². The number of amides is 1. The highest BCUT2D eigenvalue weighted by Crippen LogP contribution is 2.17. The lowest BCUT2D eigenvalue weighted by Crippen LogP contribution is -2.28. The Labute approximate surface area is 158 Å². The number of benzene rings is 2. The average Bonchev–Trinajstić information content (AvgIpc) is 3.09. The number of imidazole rings is 1. The molecule has 0 saturated heterocycles. The summed E-state index contributed by atoms with van der Waals surface area (Å²) in [6.07, 6.45) is 4.52. The number of hydrogen-bond acceptors (Lipinski definition) is 3. The van der Waals surface area contributed by atoms with Crippen molar-refractivity contribution in [2.75, 3.05) is 12.3 Å². The molecular weight excluding hydrogens is 342 g/mol. The lowest BCUT2D eigenvalue weighted by molar-refractivity contribution is -0.118. The van der Waals surface area contributed by atoms with Crippen LogP contribution in [0.2, 0.25) is 0 Å². The first-order valence-corrected chi connectivity index (χ1v) is 9.69. The van der Waals surface area contributed by atoms with Crippen molar-refractivity contribution in [3.05, 3.63) is 83.9 Å². The summed E-state index contributed by atoms with van der Waals surface area (Å²) in [5.74, 6) is 1.47. The molecule has 4 nitrogen and oxygen atoms in total. The number of thioether (sulfide) groups is 1. The van der Waals surface area contributed by atoms with Gasteiger partial charge in [-0.3, -0.25) is 4.79 Å². The molecular formula is C21H23N3OS. The topological polar surface area (TPSA) is 46.9 Å². The SMILES string of the molecule is Cc1ccc(SCC(=O)NCCc2nccn2Cc2ccccc2)cc1. The highest BCUT2D eigenvalue weighted by molar-refractivity contribution is 8.00. The van der Waals surface area contributed by atoms with E-state index in [4.69, 9.17) is 0 Å². The Morgan fingerprint density at radius 2 is 1.88 bits per heavy atom. The van der Waals surface area contributed by atoms with E-state index in [0.29, 0.717) is 12.3 Å². The third kappa shape index (κ3) is 5.49. The molecule has 1 heterocycles. The molecule has 0 saturated carbocycles. The van der Waals surface area contributed by atoms with Gasteiger partial charge in [0.05, 0.1) is 5.75 Å². The number of rotatable bonds is 8. The van der Waals surface area contributed by atoms with Gasteiger partial charge in [0, 0.05) is 36.8 Å². The number of carbonyl (C=O) groups excluding carboxylic acids is 1. The maximum atomic E-state index is 12.0. The lowest BCUT2D eigenvalue weighted by Gasteiger charge is -2.09. The quantitative estimate of drug-likeness (QED) is 0.619. The first-order chi connectivity index (χ1) is 12.7. The van der Waals surface area contributed by atoms with E-state index in [-0.39, 0.29) is 5.91 Å². The summed E-state index contributed by atoms with van der Waals surface area (Å²) < 4.78 is 2.13. The van der Waals surface area contributed by atoms with Crippen LogP contribution in [0.5, 0.6) is 0 Å². The Balaban J connectivity index is 1.42.